The van der Waals surface area contributed by atoms with Gasteiger partial charge in [-0.25, -0.2) is 4.79 Å². The van der Waals surface area contributed by atoms with E-state index < -0.39 is 48.0 Å². The van der Waals surface area contributed by atoms with Gasteiger partial charge in [0.1, 0.15) is 23.8 Å². The van der Waals surface area contributed by atoms with Gasteiger partial charge in [-0.1, -0.05) is 37.3 Å². The number of hydrogen-bond donors (Lipinski definition) is 7. The van der Waals surface area contributed by atoms with Crippen molar-refractivity contribution in [3.8, 4) is 0 Å². The molecular formula is C39H53N5O9S. The molecule has 1 aromatic heterocycles. The van der Waals surface area contributed by atoms with E-state index in [0.717, 1.165) is 81.8 Å². The van der Waals surface area contributed by atoms with E-state index in [4.69, 9.17) is 4.74 Å². The van der Waals surface area contributed by atoms with Crippen molar-refractivity contribution in [2.24, 2.45) is 29.1 Å². The number of ether oxygens (including phenoxy) is 1. The number of carbonyl (C=O) groups is 5. The Hall–Kier alpha value is -3.79. The number of carboxylic acid groups (broad SMARTS) is 2. The van der Waals surface area contributed by atoms with Crippen LogP contribution in [-0.4, -0.2) is 93.1 Å². The number of carboxylic acids is 2. The molecule has 7 rings (SSSR count). The summed E-state index contributed by atoms with van der Waals surface area (Å²) in [5, 5.41) is 39.1. The molecule has 0 aromatic carbocycles. The van der Waals surface area contributed by atoms with Gasteiger partial charge in [0, 0.05) is 31.2 Å². The predicted octanol–water partition coefficient (Wildman–Crippen LogP) is 2.87. The molecule has 1 spiro atoms. The fourth-order valence-electron chi connectivity index (χ4n) is 9.71. The molecule has 6 aliphatic rings. The summed E-state index contributed by atoms with van der Waals surface area (Å²) in [5.74, 6) is -3.22. The van der Waals surface area contributed by atoms with E-state index in [-0.39, 0.29) is 47.8 Å². The largest absolute Gasteiger partial charge is 0.480 e. The lowest BCUT2D eigenvalue weighted by Gasteiger charge is -2.48. The summed E-state index contributed by atoms with van der Waals surface area (Å²) in [6.45, 7) is 0.212. The Bertz CT molecular complexity index is 1620. The molecule has 5 aliphatic carbocycles. The first kappa shape index (κ1) is 39.9. The van der Waals surface area contributed by atoms with E-state index >= 15 is 0 Å². The highest BCUT2D eigenvalue weighted by Crippen LogP contribution is 2.61. The van der Waals surface area contributed by atoms with Crippen molar-refractivity contribution in [3.05, 3.63) is 53.1 Å². The van der Waals surface area contributed by atoms with Crippen LogP contribution in [0.5, 0.6) is 0 Å². The summed E-state index contributed by atoms with van der Waals surface area (Å²) in [4.78, 5) is 68.1. The molecule has 14 nitrogen and oxygen atoms in total. The highest BCUT2D eigenvalue weighted by atomic mass is 32.2. The minimum Gasteiger partial charge on any atom is -0.480 e. The number of fused-ring (bicyclic) bond motifs is 2. The number of nitrogens with zero attached hydrogens (tertiary/aromatic N) is 1. The van der Waals surface area contributed by atoms with Crippen LogP contribution in [0.15, 0.2) is 47.5 Å². The van der Waals surface area contributed by atoms with Gasteiger partial charge >= 0.3 is 17.9 Å². The van der Waals surface area contributed by atoms with Crippen LogP contribution in [-0.2, 0) is 35.1 Å². The molecular weight excluding hydrogens is 715 g/mol. The first-order valence-corrected chi connectivity index (χ1v) is 20.3. The number of esters is 1. The molecule has 2 bridgehead atoms. The predicted molar refractivity (Wildman–Crippen MR) is 199 cm³/mol. The first-order chi connectivity index (χ1) is 26.0. The van der Waals surface area contributed by atoms with Crippen molar-refractivity contribution in [2.75, 3.05) is 19.5 Å². The van der Waals surface area contributed by atoms with Crippen LogP contribution in [0.2, 0.25) is 0 Å². The van der Waals surface area contributed by atoms with Crippen LogP contribution in [0, 0.1) is 29.1 Å². The Balaban J connectivity index is 1.32. The van der Waals surface area contributed by atoms with Crippen LogP contribution in [0.25, 0.3) is 0 Å². The normalized spacial score (nSPS) is 27.3. The van der Waals surface area contributed by atoms with E-state index in [1.807, 2.05) is 12.1 Å². The Morgan fingerprint density at radius 2 is 1.74 bits per heavy atom. The van der Waals surface area contributed by atoms with Gasteiger partial charge in [0.2, 0.25) is 18.0 Å². The second kappa shape index (κ2) is 17.8. The SMILES string of the molecule is CNCNC(CCC(=O)NC(CSC1C2=C3C(CC(Cc4ccncc4)=CC3C(=O)O2)CC2CCC(CC2)C12CCCC2)C(=O)NC(O)C(=O)O)C(=O)O. The number of nitrogens with one attached hydrogen (secondary N) is 4. The molecule has 6 atom stereocenters. The first-order valence-electron chi connectivity index (χ1n) is 19.3. The molecule has 294 valence electrons. The zero-order valence-corrected chi connectivity index (χ0v) is 31.6. The topological polar surface area (TPSA) is 216 Å². The van der Waals surface area contributed by atoms with Crippen molar-refractivity contribution in [1.82, 2.24) is 26.3 Å². The lowest BCUT2D eigenvalue weighted by molar-refractivity contribution is -0.151. The summed E-state index contributed by atoms with van der Waals surface area (Å²) in [5.41, 5.74) is 3.21. The minimum absolute atomic E-state index is 0.0127. The van der Waals surface area contributed by atoms with E-state index in [2.05, 4.69) is 32.3 Å². The van der Waals surface area contributed by atoms with Crippen molar-refractivity contribution >= 4 is 41.5 Å². The van der Waals surface area contributed by atoms with Crippen molar-refractivity contribution in [3.63, 3.8) is 0 Å². The molecule has 2 fully saturated rings. The maximum atomic E-state index is 13.9. The van der Waals surface area contributed by atoms with E-state index in [1.165, 1.54) is 17.3 Å². The smallest absolute Gasteiger partial charge is 0.353 e. The van der Waals surface area contributed by atoms with E-state index in [9.17, 15) is 39.3 Å². The van der Waals surface area contributed by atoms with Crippen LogP contribution in [0.1, 0.15) is 82.6 Å². The fourth-order valence-corrected chi connectivity index (χ4v) is 11.4. The van der Waals surface area contributed by atoms with Gasteiger partial charge in [-0.2, -0.15) is 0 Å². The van der Waals surface area contributed by atoms with Gasteiger partial charge < -0.3 is 36.0 Å². The van der Waals surface area contributed by atoms with Crippen molar-refractivity contribution < 1.29 is 44.0 Å². The number of hydrogen-bond acceptors (Lipinski definition) is 11. The third-order valence-corrected chi connectivity index (χ3v) is 13.8. The quantitative estimate of drug-likeness (QED) is 0.0733. The molecule has 2 heterocycles. The van der Waals surface area contributed by atoms with Crippen molar-refractivity contribution in [2.45, 2.75) is 107 Å². The number of pyridine rings is 1. The number of thioether (sulfide) groups is 1. The molecule has 2 amide bonds. The summed E-state index contributed by atoms with van der Waals surface area (Å²) >= 11 is 1.46. The van der Waals surface area contributed by atoms with Gasteiger partial charge in [-0.15, -0.1) is 11.8 Å². The molecule has 1 aromatic rings. The van der Waals surface area contributed by atoms with Crippen LogP contribution in [0.3, 0.4) is 0 Å². The minimum atomic E-state index is -2.19. The molecule has 6 unspecified atom stereocenters. The Morgan fingerprint density at radius 3 is 2.41 bits per heavy atom. The molecule has 15 heteroatoms. The average molecular weight is 768 g/mol. The van der Waals surface area contributed by atoms with E-state index in [1.54, 1.807) is 19.4 Å². The van der Waals surface area contributed by atoms with Crippen LogP contribution >= 0.6 is 11.8 Å². The van der Waals surface area contributed by atoms with Crippen LogP contribution in [0.4, 0.5) is 0 Å². The summed E-state index contributed by atoms with van der Waals surface area (Å²) in [6.07, 6.45) is 14.1. The maximum absolute atomic E-state index is 13.9. The third kappa shape index (κ3) is 9.01. The number of carbonyl (C=O) groups excluding carboxylic acids is 3. The summed E-state index contributed by atoms with van der Waals surface area (Å²) < 4.78 is 6.40. The second-order valence-electron chi connectivity index (χ2n) is 15.6. The zero-order valence-electron chi connectivity index (χ0n) is 30.8. The van der Waals surface area contributed by atoms with E-state index in [0.29, 0.717) is 17.6 Å². The molecule has 2 saturated carbocycles. The number of amides is 2. The number of rotatable bonds is 16. The Morgan fingerprint density at radius 1 is 1.02 bits per heavy atom. The fraction of sp³-hybridized carbons (Fsp3) is 0.641. The molecule has 0 radical (unpaired) electrons. The van der Waals surface area contributed by atoms with Gasteiger partial charge in [0.15, 0.2) is 0 Å². The van der Waals surface area contributed by atoms with Gasteiger partial charge in [0.25, 0.3) is 0 Å². The highest BCUT2D eigenvalue weighted by Gasteiger charge is 2.55. The standard InChI is InChI=1S/C39H53N5O9S/c1-40-21-42-28(36(48)49)8-9-30(45)43-29(34(46)44-35(47)37(50)51)20-54-33-32-31-25(17-22-4-6-26(7-5-22)39(33)12-2-3-13-39)18-24(19-27(31)38(52)53-32)16-23-10-14-41-15-11-23/h10-11,14-15,19,22,25-29,33,35,40,42,47H,2-9,12-13,16-18,20-21H2,1H3,(H,43,45)(H,44,46)(H,48,49)(H,50,51). The number of aliphatic hydroxyl groups is 1. The molecule has 1 aliphatic heterocycles. The number of aliphatic carboxylic acids is 2. The van der Waals surface area contributed by atoms with Gasteiger partial charge in [-0.3, -0.25) is 29.5 Å². The summed E-state index contributed by atoms with van der Waals surface area (Å²) in [6, 6.07) is 1.73. The summed E-state index contributed by atoms with van der Waals surface area (Å²) in [7, 11) is 1.65. The molecule has 0 saturated heterocycles. The molecule has 54 heavy (non-hydrogen) atoms. The highest BCUT2D eigenvalue weighted by molar-refractivity contribution is 8.00. The number of aromatic nitrogens is 1. The Labute approximate surface area is 319 Å². The zero-order chi connectivity index (χ0) is 38.4. The third-order valence-electron chi connectivity index (χ3n) is 12.3. The van der Waals surface area contributed by atoms with Gasteiger partial charge in [0.05, 0.1) is 5.25 Å². The Kier molecular flexibility index (Phi) is 13.1. The maximum Gasteiger partial charge on any atom is 0.353 e. The van der Waals surface area contributed by atoms with Gasteiger partial charge in [-0.05, 0) is 105 Å². The monoisotopic (exact) mass is 767 g/mol. The number of aliphatic hydroxyl groups excluding tert-OH is 1. The lowest BCUT2D eigenvalue weighted by atomic mass is 9.60. The van der Waals surface area contributed by atoms with Crippen LogP contribution < -0.4 is 21.3 Å². The average Bonchev–Trinajstić information content (AvgIpc) is 3.77. The second-order valence-corrected chi connectivity index (χ2v) is 16.8. The molecule has 7 N–H and O–H groups in total. The lowest BCUT2D eigenvalue weighted by Crippen LogP contribution is -2.53. The number of allylic oxidation sites excluding steroid dienone is 1. The van der Waals surface area contributed by atoms with Crippen molar-refractivity contribution in [1.29, 1.82) is 0 Å².